The van der Waals surface area contributed by atoms with E-state index in [0.717, 1.165) is 0 Å². The van der Waals surface area contributed by atoms with E-state index < -0.39 is 0 Å². The third kappa shape index (κ3) is 4.22. The van der Waals surface area contributed by atoms with Gasteiger partial charge in [0, 0.05) is 6.07 Å². The summed E-state index contributed by atoms with van der Waals surface area (Å²) < 4.78 is 15.2. The first-order chi connectivity index (χ1) is 8.17. The third-order valence-electron chi connectivity index (χ3n) is 2.02. The number of phenolic OH excluding ortho intramolecular Hbond substituents is 1. The SMILES string of the molecule is CCOC(=O)CCOc1ccc(O)cc1OC. The van der Waals surface area contributed by atoms with E-state index in [9.17, 15) is 9.90 Å². The highest BCUT2D eigenvalue weighted by atomic mass is 16.5. The molecule has 0 fully saturated rings. The zero-order valence-corrected chi connectivity index (χ0v) is 9.93. The van der Waals surface area contributed by atoms with E-state index in [-0.39, 0.29) is 24.7 Å². The van der Waals surface area contributed by atoms with Crippen LogP contribution >= 0.6 is 0 Å². The molecule has 0 radical (unpaired) electrons. The van der Waals surface area contributed by atoms with Crippen molar-refractivity contribution in [1.82, 2.24) is 0 Å². The first-order valence-electron chi connectivity index (χ1n) is 5.32. The molecule has 1 aromatic carbocycles. The highest BCUT2D eigenvalue weighted by Gasteiger charge is 2.07. The molecule has 0 aliphatic heterocycles. The number of phenols is 1. The van der Waals surface area contributed by atoms with Crippen LogP contribution < -0.4 is 9.47 Å². The van der Waals surface area contributed by atoms with Crippen LogP contribution in [0.5, 0.6) is 17.2 Å². The molecule has 1 rings (SSSR count). The van der Waals surface area contributed by atoms with Crippen LogP contribution in [-0.2, 0) is 9.53 Å². The Labute approximate surface area is 99.9 Å². The molecular weight excluding hydrogens is 224 g/mol. The molecule has 0 aliphatic rings. The topological polar surface area (TPSA) is 65.0 Å². The number of aromatic hydroxyl groups is 1. The van der Waals surface area contributed by atoms with E-state index in [0.29, 0.717) is 18.1 Å². The lowest BCUT2D eigenvalue weighted by molar-refractivity contribution is -0.143. The second-order valence-electron chi connectivity index (χ2n) is 3.24. The van der Waals surface area contributed by atoms with E-state index in [4.69, 9.17) is 14.2 Å². The fraction of sp³-hybridized carbons (Fsp3) is 0.417. The van der Waals surface area contributed by atoms with E-state index in [1.54, 1.807) is 13.0 Å². The predicted molar refractivity (Wildman–Crippen MR) is 61.4 cm³/mol. The van der Waals surface area contributed by atoms with E-state index >= 15 is 0 Å². The number of benzene rings is 1. The van der Waals surface area contributed by atoms with Crippen molar-refractivity contribution in [2.24, 2.45) is 0 Å². The van der Waals surface area contributed by atoms with Crippen molar-refractivity contribution in [3.05, 3.63) is 18.2 Å². The number of rotatable bonds is 6. The number of hydrogen-bond donors (Lipinski definition) is 1. The van der Waals surface area contributed by atoms with Crippen molar-refractivity contribution in [2.75, 3.05) is 20.3 Å². The summed E-state index contributed by atoms with van der Waals surface area (Å²) in [5, 5.41) is 9.24. The number of methoxy groups -OCH3 is 1. The lowest BCUT2D eigenvalue weighted by Crippen LogP contribution is -2.09. The van der Waals surface area contributed by atoms with Gasteiger partial charge in [-0.25, -0.2) is 0 Å². The minimum Gasteiger partial charge on any atom is -0.508 e. The lowest BCUT2D eigenvalue weighted by Gasteiger charge is -2.10. The van der Waals surface area contributed by atoms with Gasteiger partial charge in [0.25, 0.3) is 0 Å². The summed E-state index contributed by atoms with van der Waals surface area (Å²) >= 11 is 0. The minimum absolute atomic E-state index is 0.0968. The zero-order valence-electron chi connectivity index (χ0n) is 9.93. The summed E-state index contributed by atoms with van der Waals surface area (Å²) in [7, 11) is 1.48. The first-order valence-corrected chi connectivity index (χ1v) is 5.32. The van der Waals surface area contributed by atoms with E-state index in [1.165, 1.54) is 19.2 Å². The molecular formula is C12H16O5. The molecule has 1 N–H and O–H groups in total. The van der Waals surface area contributed by atoms with Gasteiger partial charge in [0.1, 0.15) is 5.75 Å². The molecule has 0 bridgehead atoms. The fourth-order valence-electron chi connectivity index (χ4n) is 1.25. The van der Waals surface area contributed by atoms with Crippen LogP contribution in [0.25, 0.3) is 0 Å². The molecule has 0 saturated heterocycles. The van der Waals surface area contributed by atoms with Crippen LogP contribution in [0.15, 0.2) is 18.2 Å². The van der Waals surface area contributed by atoms with Crippen molar-refractivity contribution in [1.29, 1.82) is 0 Å². The molecule has 0 amide bonds. The monoisotopic (exact) mass is 240 g/mol. The molecule has 17 heavy (non-hydrogen) atoms. The molecule has 0 aliphatic carbocycles. The van der Waals surface area contributed by atoms with Crippen molar-refractivity contribution in [3.63, 3.8) is 0 Å². The number of carbonyl (C=O) groups excluding carboxylic acids is 1. The molecule has 1 aromatic rings. The van der Waals surface area contributed by atoms with Crippen molar-refractivity contribution < 1.29 is 24.1 Å². The van der Waals surface area contributed by atoms with Gasteiger partial charge in [-0.15, -0.1) is 0 Å². The van der Waals surface area contributed by atoms with Gasteiger partial charge in [-0.3, -0.25) is 4.79 Å². The van der Waals surface area contributed by atoms with Gasteiger partial charge < -0.3 is 19.3 Å². The molecule has 0 unspecified atom stereocenters. The quantitative estimate of drug-likeness (QED) is 0.767. The van der Waals surface area contributed by atoms with Gasteiger partial charge in [0.2, 0.25) is 0 Å². The summed E-state index contributed by atoms with van der Waals surface area (Å²) in [6.45, 7) is 2.32. The summed E-state index contributed by atoms with van der Waals surface area (Å²) in [6, 6.07) is 4.52. The van der Waals surface area contributed by atoms with Gasteiger partial charge in [-0.05, 0) is 19.1 Å². The Hall–Kier alpha value is -1.91. The molecule has 0 spiro atoms. The maximum absolute atomic E-state index is 11.1. The average Bonchev–Trinajstić information content (AvgIpc) is 2.31. The largest absolute Gasteiger partial charge is 0.508 e. The van der Waals surface area contributed by atoms with E-state index in [1.807, 2.05) is 0 Å². The van der Waals surface area contributed by atoms with Crippen molar-refractivity contribution in [2.45, 2.75) is 13.3 Å². The van der Waals surface area contributed by atoms with Gasteiger partial charge in [-0.1, -0.05) is 0 Å². The van der Waals surface area contributed by atoms with Gasteiger partial charge in [-0.2, -0.15) is 0 Å². The van der Waals surface area contributed by atoms with Crippen LogP contribution in [0.4, 0.5) is 0 Å². The smallest absolute Gasteiger partial charge is 0.309 e. The number of hydrogen-bond acceptors (Lipinski definition) is 5. The number of ether oxygens (including phenoxy) is 3. The van der Waals surface area contributed by atoms with Crippen LogP contribution in [0.3, 0.4) is 0 Å². The normalized spacial score (nSPS) is 9.76. The Balaban J connectivity index is 2.49. The second kappa shape index (κ2) is 6.62. The standard InChI is InChI=1S/C12H16O5/c1-3-16-12(14)6-7-17-10-5-4-9(13)8-11(10)15-2/h4-5,8,13H,3,6-7H2,1-2H3. The molecule has 0 aromatic heterocycles. The minimum atomic E-state index is -0.301. The Morgan fingerprint density at radius 2 is 2.12 bits per heavy atom. The Morgan fingerprint density at radius 3 is 2.76 bits per heavy atom. The molecule has 0 atom stereocenters. The Kier molecular flexibility index (Phi) is 5.13. The van der Waals surface area contributed by atoms with E-state index in [2.05, 4.69) is 0 Å². The number of esters is 1. The Morgan fingerprint density at radius 1 is 1.35 bits per heavy atom. The van der Waals surface area contributed by atoms with Crippen LogP contribution in [0.2, 0.25) is 0 Å². The molecule has 5 nitrogen and oxygen atoms in total. The van der Waals surface area contributed by atoms with Gasteiger partial charge in [0.15, 0.2) is 11.5 Å². The first kappa shape index (κ1) is 13.2. The average molecular weight is 240 g/mol. The predicted octanol–water partition coefficient (Wildman–Crippen LogP) is 1.73. The molecule has 94 valence electrons. The molecule has 0 heterocycles. The highest BCUT2D eigenvalue weighted by molar-refractivity contribution is 5.69. The third-order valence-corrected chi connectivity index (χ3v) is 2.02. The number of carbonyl (C=O) groups is 1. The van der Waals surface area contributed by atoms with Gasteiger partial charge in [0.05, 0.1) is 26.7 Å². The molecule has 0 saturated carbocycles. The summed E-state index contributed by atoms with van der Waals surface area (Å²) in [5.41, 5.74) is 0. The van der Waals surface area contributed by atoms with Crippen molar-refractivity contribution >= 4 is 5.97 Å². The second-order valence-corrected chi connectivity index (χ2v) is 3.24. The fourth-order valence-corrected chi connectivity index (χ4v) is 1.25. The van der Waals surface area contributed by atoms with Gasteiger partial charge >= 0.3 is 5.97 Å². The lowest BCUT2D eigenvalue weighted by atomic mass is 10.3. The van der Waals surface area contributed by atoms with Crippen molar-refractivity contribution in [3.8, 4) is 17.2 Å². The summed E-state index contributed by atoms with van der Waals surface area (Å²) in [6.07, 6.45) is 0.178. The van der Waals surface area contributed by atoms with Crippen LogP contribution in [0, 0.1) is 0 Å². The molecule has 5 heteroatoms. The zero-order chi connectivity index (χ0) is 12.7. The maximum Gasteiger partial charge on any atom is 0.309 e. The van der Waals surface area contributed by atoms with Crippen LogP contribution in [-0.4, -0.2) is 31.4 Å². The summed E-state index contributed by atoms with van der Waals surface area (Å²) in [5.74, 6) is 0.702. The Bertz CT molecular complexity index is 375. The summed E-state index contributed by atoms with van der Waals surface area (Å²) in [4.78, 5) is 11.1. The van der Waals surface area contributed by atoms with Crippen LogP contribution in [0.1, 0.15) is 13.3 Å². The highest BCUT2D eigenvalue weighted by Crippen LogP contribution is 2.30. The maximum atomic E-state index is 11.1.